The molecule has 0 fully saturated rings. The minimum absolute atomic E-state index is 0.184. The van der Waals surface area contributed by atoms with Gasteiger partial charge in [-0.2, -0.15) is 0 Å². The van der Waals surface area contributed by atoms with Crippen molar-refractivity contribution < 1.29 is 9.53 Å². The standard InChI is InChI=1S/C18H25N3O2S/c1-12-5-6-13(15(9-12)23-18(2,3)4)10-20-17(22)14-11-24-16(21-14)7-8-19/h5-6,9,11H,7-8,10,19H2,1-4H3,(H,20,22). The molecule has 2 rings (SSSR count). The lowest BCUT2D eigenvalue weighted by atomic mass is 10.1. The van der Waals surface area contributed by atoms with Gasteiger partial charge in [0, 0.05) is 23.9 Å². The third-order valence-corrected chi connectivity index (χ3v) is 4.13. The van der Waals surface area contributed by atoms with Crippen LogP contribution in [-0.4, -0.2) is 23.0 Å². The van der Waals surface area contributed by atoms with Crippen molar-refractivity contribution in [1.29, 1.82) is 0 Å². The first kappa shape index (κ1) is 18.4. The van der Waals surface area contributed by atoms with Crippen molar-refractivity contribution >= 4 is 17.2 Å². The van der Waals surface area contributed by atoms with Gasteiger partial charge in [0.05, 0.1) is 5.01 Å². The molecule has 0 aliphatic heterocycles. The molecule has 24 heavy (non-hydrogen) atoms. The molecular formula is C18H25N3O2S. The number of amides is 1. The van der Waals surface area contributed by atoms with Crippen LogP contribution in [0, 0.1) is 6.92 Å². The highest BCUT2D eigenvalue weighted by Gasteiger charge is 2.16. The molecule has 1 aromatic carbocycles. The molecule has 0 unspecified atom stereocenters. The summed E-state index contributed by atoms with van der Waals surface area (Å²) >= 11 is 1.46. The summed E-state index contributed by atoms with van der Waals surface area (Å²) in [4.78, 5) is 16.6. The summed E-state index contributed by atoms with van der Waals surface area (Å²) in [7, 11) is 0. The minimum Gasteiger partial charge on any atom is -0.488 e. The molecule has 2 aromatic rings. The summed E-state index contributed by atoms with van der Waals surface area (Å²) < 4.78 is 6.01. The monoisotopic (exact) mass is 347 g/mol. The normalized spacial score (nSPS) is 11.4. The summed E-state index contributed by atoms with van der Waals surface area (Å²) in [5.41, 5.74) is 7.72. The van der Waals surface area contributed by atoms with Crippen LogP contribution in [0.15, 0.2) is 23.6 Å². The smallest absolute Gasteiger partial charge is 0.271 e. The van der Waals surface area contributed by atoms with E-state index in [0.717, 1.165) is 21.9 Å². The van der Waals surface area contributed by atoms with Gasteiger partial charge in [0.2, 0.25) is 0 Å². The molecule has 3 N–H and O–H groups in total. The first-order chi connectivity index (χ1) is 11.3. The zero-order valence-electron chi connectivity index (χ0n) is 14.7. The molecule has 130 valence electrons. The van der Waals surface area contributed by atoms with E-state index in [2.05, 4.69) is 10.3 Å². The lowest BCUT2D eigenvalue weighted by Gasteiger charge is -2.23. The van der Waals surface area contributed by atoms with Gasteiger partial charge in [0.15, 0.2) is 0 Å². The molecule has 0 radical (unpaired) electrons. The Kier molecular flexibility index (Phi) is 5.96. The molecule has 6 heteroatoms. The number of benzene rings is 1. The van der Waals surface area contributed by atoms with E-state index in [4.69, 9.17) is 10.5 Å². The topological polar surface area (TPSA) is 77.2 Å². The average Bonchev–Trinajstić information content (AvgIpc) is 2.93. The summed E-state index contributed by atoms with van der Waals surface area (Å²) in [6, 6.07) is 5.99. The Labute approximate surface area is 147 Å². The van der Waals surface area contributed by atoms with Gasteiger partial charge in [0.1, 0.15) is 17.0 Å². The van der Waals surface area contributed by atoms with E-state index in [1.807, 2.05) is 45.9 Å². The van der Waals surface area contributed by atoms with Crippen LogP contribution in [0.2, 0.25) is 0 Å². The van der Waals surface area contributed by atoms with E-state index in [-0.39, 0.29) is 11.5 Å². The highest BCUT2D eigenvalue weighted by atomic mass is 32.1. The number of nitrogens with one attached hydrogen (secondary N) is 1. The van der Waals surface area contributed by atoms with Gasteiger partial charge < -0.3 is 15.8 Å². The second kappa shape index (κ2) is 7.77. The van der Waals surface area contributed by atoms with Crippen LogP contribution < -0.4 is 15.8 Å². The summed E-state index contributed by atoms with van der Waals surface area (Å²) in [5, 5.41) is 5.56. The summed E-state index contributed by atoms with van der Waals surface area (Å²) in [5.74, 6) is 0.613. The van der Waals surface area contributed by atoms with E-state index in [9.17, 15) is 4.79 Å². The Balaban J connectivity index is 2.06. The summed E-state index contributed by atoms with van der Waals surface area (Å²) in [6.45, 7) is 8.97. The van der Waals surface area contributed by atoms with Gasteiger partial charge in [-0.1, -0.05) is 12.1 Å². The van der Waals surface area contributed by atoms with Gasteiger partial charge in [-0.05, 0) is 45.9 Å². The van der Waals surface area contributed by atoms with Crippen LogP contribution in [0.4, 0.5) is 0 Å². The molecule has 0 aliphatic carbocycles. The van der Waals surface area contributed by atoms with Gasteiger partial charge in [-0.3, -0.25) is 4.79 Å². The lowest BCUT2D eigenvalue weighted by Crippen LogP contribution is -2.26. The Morgan fingerprint density at radius 3 is 2.79 bits per heavy atom. The summed E-state index contributed by atoms with van der Waals surface area (Å²) in [6.07, 6.45) is 0.694. The molecule has 0 bridgehead atoms. The number of carbonyl (C=O) groups is 1. The van der Waals surface area contributed by atoms with Crippen molar-refractivity contribution in [2.24, 2.45) is 5.73 Å². The quantitative estimate of drug-likeness (QED) is 0.842. The van der Waals surface area contributed by atoms with Crippen molar-refractivity contribution in [3.05, 3.63) is 45.4 Å². The number of thiazole rings is 1. The molecule has 0 atom stereocenters. The minimum atomic E-state index is -0.293. The molecule has 0 saturated heterocycles. The number of nitrogens with zero attached hydrogens (tertiary/aromatic N) is 1. The number of ether oxygens (including phenoxy) is 1. The van der Waals surface area contributed by atoms with Crippen molar-refractivity contribution in [1.82, 2.24) is 10.3 Å². The maximum absolute atomic E-state index is 12.3. The highest BCUT2D eigenvalue weighted by Crippen LogP contribution is 2.24. The first-order valence-electron chi connectivity index (χ1n) is 8.00. The number of hydrogen-bond donors (Lipinski definition) is 2. The predicted octanol–water partition coefficient (Wildman–Crippen LogP) is 3.06. The fourth-order valence-electron chi connectivity index (χ4n) is 2.15. The molecule has 0 aliphatic rings. The zero-order chi connectivity index (χ0) is 17.7. The maximum Gasteiger partial charge on any atom is 0.271 e. The van der Waals surface area contributed by atoms with E-state index in [0.29, 0.717) is 25.2 Å². The molecule has 0 saturated carbocycles. The van der Waals surface area contributed by atoms with Crippen molar-refractivity contribution in [3.63, 3.8) is 0 Å². The number of aromatic nitrogens is 1. The predicted molar refractivity (Wildman–Crippen MR) is 97.6 cm³/mol. The van der Waals surface area contributed by atoms with Crippen LogP contribution in [0.1, 0.15) is 47.4 Å². The zero-order valence-corrected chi connectivity index (χ0v) is 15.5. The Morgan fingerprint density at radius 2 is 2.12 bits per heavy atom. The van der Waals surface area contributed by atoms with E-state index in [1.165, 1.54) is 11.3 Å². The fraction of sp³-hybridized carbons (Fsp3) is 0.444. The van der Waals surface area contributed by atoms with E-state index < -0.39 is 0 Å². The van der Waals surface area contributed by atoms with Gasteiger partial charge >= 0.3 is 0 Å². The number of hydrogen-bond acceptors (Lipinski definition) is 5. The van der Waals surface area contributed by atoms with Gasteiger partial charge in [0.25, 0.3) is 5.91 Å². The van der Waals surface area contributed by atoms with E-state index in [1.54, 1.807) is 5.38 Å². The van der Waals surface area contributed by atoms with E-state index >= 15 is 0 Å². The van der Waals surface area contributed by atoms with Crippen LogP contribution in [0.5, 0.6) is 5.75 Å². The number of carbonyl (C=O) groups excluding carboxylic acids is 1. The largest absolute Gasteiger partial charge is 0.488 e. The average molecular weight is 347 g/mol. The third kappa shape index (κ3) is 5.32. The van der Waals surface area contributed by atoms with Gasteiger partial charge in [-0.15, -0.1) is 11.3 Å². The Morgan fingerprint density at radius 1 is 1.38 bits per heavy atom. The van der Waals surface area contributed by atoms with Crippen LogP contribution in [0.3, 0.4) is 0 Å². The number of rotatable bonds is 6. The number of nitrogens with two attached hydrogens (primary N) is 1. The van der Waals surface area contributed by atoms with Crippen molar-refractivity contribution in [2.75, 3.05) is 6.54 Å². The maximum atomic E-state index is 12.3. The molecule has 1 aromatic heterocycles. The molecule has 0 spiro atoms. The van der Waals surface area contributed by atoms with Gasteiger partial charge in [-0.25, -0.2) is 4.98 Å². The second-order valence-electron chi connectivity index (χ2n) is 6.67. The van der Waals surface area contributed by atoms with Crippen molar-refractivity contribution in [2.45, 2.75) is 46.3 Å². The molecule has 1 amide bonds. The fourth-order valence-corrected chi connectivity index (χ4v) is 2.95. The van der Waals surface area contributed by atoms with Crippen LogP contribution in [-0.2, 0) is 13.0 Å². The second-order valence-corrected chi connectivity index (χ2v) is 7.62. The highest BCUT2D eigenvalue weighted by molar-refractivity contribution is 7.09. The van der Waals surface area contributed by atoms with Crippen molar-refractivity contribution in [3.8, 4) is 5.75 Å². The van der Waals surface area contributed by atoms with Crippen LogP contribution >= 0.6 is 11.3 Å². The lowest BCUT2D eigenvalue weighted by molar-refractivity contribution is 0.0945. The number of aryl methyl sites for hydroxylation is 1. The Hall–Kier alpha value is -1.92. The SMILES string of the molecule is Cc1ccc(CNC(=O)c2csc(CCN)n2)c(OC(C)(C)C)c1. The molecular weight excluding hydrogens is 322 g/mol. The first-order valence-corrected chi connectivity index (χ1v) is 8.87. The molecule has 1 heterocycles. The van der Waals surface area contributed by atoms with Crippen LogP contribution in [0.25, 0.3) is 0 Å². The third-order valence-electron chi connectivity index (χ3n) is 3.22. The molecule has 5 nitrogen and oxygen atoms in total. The Bertz CT molecular complexity index is 705.